The fourth-order valence-electron chi connectivity index (χ4n) is 2.51. The van der Waals surface area contributed by atoms with E-state index in [0.717, 1.165) is 10.0 Å². The molecule has 3 aromatic rings. The number of hydrogen-bond acceptors (Lipinski definition) is 4. The van der Waals surface area contributed by atoms with Gasteiger partial charge in [0.1, 0.15) is 22.2 Å². The van der Waals surface area contributed by atoms with Crippen molar-refractivity contribution >= 4 is 28.1 Å². The number of oxazole rings is 1. The quantitative estimate of drug-likeness (QED) is 0.666. The highest BCUT2D eigenvalue weighted by Crippen LogP contribution is 2.25. The van der Waals surface area contributed by atoms with Crippen molar-refractivity contribution in [2.45, 2.75) is 26.2 Å². The van der Waals surface area contributed by atoms with Gasteiger partial charge < -0.3 is 14.4 Å². The molecule has 1 aromatic carbocycles. The molecule has 0 atom stereocenters. The molecule has 2 aromatic heterocycles. The van der Waals surface area contributed by atoms with Gasteiger partial charge in [0, 0.05) is 9.89 Å². The van der Waals surface area contributed by atoms with E-state index in [4.69, 9.17) is 4.42 Å². The van der Waals surface area contributed by atoms with Gasteiger partial charge in [0.15, 0.2) is 6.39 Å². The second-order valence-electron chi connectivity index (χ2n) is 6.90. The van der Waals surface area contributed by atoms with E-state index >= 15 is 0 Å². The van der Waals surface area contributed by atoms with Crippen LogP contribution in [0.15, 0.2) is 49.1 Å². The molecule has 0 unspecified atom stereocenters. The maximum absolute atomic E-state index is 12.4. The summed E-state index contributed by atoms with van der Waals surface area (Å²) in [6.45, 7) is 5.94. The lowest BCUT2D eigenvalue weighted by molar-refractivity contribution is 0.407. The summed E-state index contributed by atoms with van der Waals surface area (Å²) in [5.74, 6) is 0.641. The molecule has 0 aliphatic heterocycles. The Labute approximate surface area is 157 Å². The number of benzene rings is 1. The predicted molar refractivity (Wildman–Crippen MR) is 103 cm³/mol. The van der Waals surface area contributed by atoms with Gasteiger partial charge in [-0.1, -0.05) is 48.8 Å². The SMILES string of the molecule is CC(C)(C)c1ocnc1/C=c1\[nH]c(=O)/c(=C/c2cccc(Br)c2)[nH]c1=O. The molecular formula is C19H18BrN3O3. The van der Waals surface area contributed by atoms with Crippen molar-refractivity contribution in [3.63, 3.8) is 0 Å². The second-order valence-corrected chi connectivity index (χ2v) is 7.81. The summed E-state index contributed by atoms with van der Waals surface area (Å²) < 4.78 is 6.31. The molecule has 0 aliphatic rings. The molecule has 26 heavy (non-hydrogen) atoms. The lowest BCUT2D eigenvalue weighted by Gasteiger charge is -2.14. The van der Waals surface area contributed by atoms with Crippen molar-refractivity contribution in [2.24, 2.45) is 0 Å². The van der Waals surface area contributed by atoms with E-state index < -0.39 is 11.1 Å². The first-order valence-electron chi connectivity index (χ1n) is 7.99. The molecule has 2 heterocycles. The van der Waals surface area contributed by atoms with Crippen LogP contribution in [-0.4, -0.2) is 15.0 Å². The minimum absolute atomic E-state index is 0.126. The Hall–Kier alpha value is -2.67. The average Bonchev–Trinajstić information content (AvgIpc) is 3.01. The molecule has 2 N–H and O–H groups in total. The van der Waals surface area contributed by atoms with Crippen LogP contribution in [0.5, 0.6) is 0 Å². The third-order valence-electron chi connectivity index (χ3n) is 3.70. The Bertz CT molecular complexity index is 1180. The van der Waals surface area contributed by atoms with Gasteiger partial charge in [0.05, 0.1) is 0 Å². The number of halogens is 1. The first kappa shape index (κ1) is 18.1. The smallest absolute Gasteiger partial charge is 0.272 e. The maximum atomic E-state index is 12.4. The standard InChI is InChI=1S/C19H18BrN3O3/c1-19(2,3)16-13(21-10-26-16)9-15-18(25)22-14(17(24)23-15)8-11-5-4-6-12(20)7-11/h4-10H,1-3H3,(H,22,25)(H,23,24)/b14-8-,15-9-. The van der Waals surface area contributed by atoms with Crippen LogP contribution in [-0.2, 0) is 5.41 Å². The number of nitrogens with zero attached hydrogens (tertiary/aromatic N) is 1. The molecule has 7 heteroatoms. The third-order valence-corrected chi connectivity index (χ3v) is 4.20. The number of rotatable bonds is 2. The molecule has 0 aliphatic carbocycles. The van der Waals surface area contributed by atoms with Gasteiger partial charge in [-0.3, -0.25) is 9.59 Å². The minimum Gasteiger partial charge on any atom is -0.447 e. The van der Waals surface area contributed by atoms with E-state index in [1.54, 1.807) is 6.08 Å². The van der Waals surface area contributed by atoms with Gasteiger partial charge in [0.2, 0.25) is 0 Å². The molecule has 0 bridgehead atoms. The van der Waals surface area contributed by atoms with Gasteiger partial charge in [-0.05, 0) is 29.8 Å². The molecule has 0 radical (unpaired) electrons. The fraction of sp³-hybridized carbons (Fsp3) is 0.211. The lowest BCUT2D eigenvalue weighted by Crippen LogP contribution is -2.46. The molecule has 3 rings (SSSR count). The number of aromatic nitrogens is 3. The summed E-state index contributed by atoms with van der Waals surface area (Å²) in [7, 11) is 0. The van der Waals surface area contributed by atoms with Crippen molar-refractivity contribution in [3.8, 4) is 0 Å². The zero-order valence-electron chi connectivity index (χ0n) is 14.6. The zero-order valence-corrected chi connectivity index (χ0v) is 16.2. The molecule has 0 spiro atoms. The molecule has 6 nitrogen and oxygen atoms in total. The predicted octanol–water partition coefficient (Wildman–Crippen LogP) is 1.77. The van der Waals surface area contributed by atoms with Crippen LogP contribution in [0, 0.1) is 0 Å². The summed E-state index contributed by atoms with van der Waals surface area (Å²) in [4.78, 5) is 34.1. The van der Waals surface area contributed by atoms with Crippen LogP contribution in [0.4, 0.5) is 0 Å². The maximum Gasteiger partial charge on any atom is 0.272 e. The van der Waals surface area contributed by atoms with Gasteiger partial charge in [-0.25, -0.2) is 4.98 Å². The normalized spacial score (nSPS) is 13.4. The van der Waals surface area contributed by atoms with Crippen molar-refractivity contribution in [2.75, 3.05) is 0 Å². The Balaban J connectivity index is 2.14. The molecule has 0 fully saturated rings. The van der Waals surface area contributed by atoms with Gasteiger partial charge in [0.25, 0.3) is 11.1 Å². The Morgan fingerprint density at radius 1 is 1.08 bits per heavy atom. The van der Waals surface area contributed by atoms with E-state index in [1.165, 1.54) is 12.5 Å². The van der Waals surface area contributed by atoms with Crippen molar-refractivity contribution in [1.29, 1.82) is 0 Å². The van der Waals surface area contributed by atoms with Crippen molar-refractivity contribution in [1.82, 2.24) is 15.0 Å². The number of nitrogens with one attached hydrogen (secondary N) is 2. The molecule has 134 valence electrons. The highest BCUT2D eigenvalue weighted by molar-refractivity contribution is 9.10. The lowest BCUT2D eigenvalue weighted by atomic mass is 9.92. The van der Waals surface area contributed by atoms with Gasteiger partial charge in [-0.2, -0.15) is 0 Å². The topological polar surface area (TPSA) is 91.8 Å². The second kappa shape index (κ2) is 6.92. The monoisotopic (exact) mass is 415 g/mol. The Morgan fingerprint density at radius 3 is 2.35 bits per heavy atom. The van der Waals surface area contributed by atoms with Crippen LogP contribution in [0.1, 0.15) is 37.8 Å². The van der Waals surface area contributed by atoms with E-state index in [2.05, 4.69) is 30.9 Å². The summed E-state index contributed by atoms with van der Waals surface area (Å²) >= 11 is 3.38. The molecule has 0 saturated heterocycles. The molecule has 0 amide bonds. The molecular weight excluding hydrogens is 398 g/mol. The minimum atomic E-state index is -0.409. The van der Waals surface area contributed by atoms with Crippen LogP contribution in [0.3, 0.4) is 0 Å². The van der Waals surface area contributed by atoms with Crippen LogP contribution >= 0.6 is 15.9 Å². The third kappa shape index (κ3) is 3.94. The van der Waals surface area contributed by atoms with E-state index in [1.807, 2.05) is 45.0 Å². The number of H-pyrrole nitrogens is 2. The summed E-state index contributed by atoms with van der Waals surface area (Å²) in [6, 6.07) is 7.42. The largest absolute Gasteiger partial charge is 0.447 e. The highest BCUT2D eigenvalue weighted by atomic mass is 79.9. The highest BCUT2D eigenvalue weighted by Gasteiger charge is 2.21. The van der Waals surface area contributed by atoms with Crippen LogP contribution in [0.2, 0.25) is 0 Å². The summed E-state index contributed by atoms with van der Waals surface area (Å²) in [6.07, 6.45) is 4.47. The Morgan fingerprint density at radius 2 is 1.73 bits per heavy atom. The van der Waals surface area contributed by atoms with Gasteiger partial charge in [-0.15, -0.1) is 0 Å². The zero-order chi connectivity index (χ0) is 18.9. The average molecular weight is 416 g/mol. The van der Waals surface area contributed by atoms with Crippen LogP contribution < -0.4 is 21.8 Å². The van der Waals surface area contributed by atoms with Crippen molar-refractivity contribution < 1.29 is 4.42 Å². The number of hydrogen-bond donors (Lipinski definition) is 2. The number of aromatic amines is 2. The van der Waals surface area contributed by atoms with Gasteiger partial charge >= 0.3 is 0 Å². The first-order chi connectivity index (χ1) is 12.2. The van der Waals surface area contributed by atoms with Crippen molar-refractivity contribution in [3.05, 3.63) is 83.6 Å². The van der Waals surface area contributed by atoms with E-state index in [9.17, 15) is 9.59 Å². The van der Waals surface area contributed by atoms with E-state index in [-0.39, 0.29) is 16.1 Å². The Kier molecular flexibility index (Phi) is 4.82. The summed E-state index contributed by atoms with van der Waals surface area (Å²) in [5, 5.41) is 0.308. The van der Waals surface area contributed by atoms with Crippen LogP contribution in [0.25, 0.3) is 12.2 Å². The summed E-state index contributed by atoms with van der Waals surface area (Å²) in [5.41, 5.74) is 0.237. The molecule has 0 saturated carbocycles. The first-order valence-corrected chi connectivity index (χ1v) is 8.79. The fourth-order valence-corrected chi connectivity index (χ4v) is 2.93. The van der Waals surface area contributed by atoms with E-state index in [0.29, 0.717) is 11.5 Å².